The van der Waals surface area contributed by atoms with Gasteiger partial charge in [-0.2, -0.15) is 0 Å². The first-order chi connectivity index (χ1) is 7.69. The minimum Gasteiger partial charge on any atom is -0.385 e. The molecule has 1 amide bonds. The van der Waals surface area contributed by atoms with E-state index in [1.165, 1.54) is 12.8 Å². The van der Waals surface area contributed by atoms with Crippen molar-refractivity contribution in [1.29, 1.82) is 0 Å². The Labute approximate surface area is 97.3 Å². The van der Waals surface area contributed by atoms with Crippen LogP contribution in [0.1, 0.15) is 39.0 Å². The lowest BCUT2D eigenvalue weighted by Gasteiger charge is -2.21. The van der Waals surface area contributed by atoms with Crippen molar-refractivity contribution >= 4 is 5.91 Å². The largest absolute Gasteiger partial charge is 0.385 e. The smallest absolute Gasteiger partial charge is 0.244 e. The van der Waals surface area contributed by atoms with Gasteiger partial charge in [0.2, 0.25) is 5.91 Å². The molecule has 0 aromatic heterocycles. The van der Waals surface area contributed by atoms with Crippen molar-refractivity contribution in [3.8, 4) is 0 Å². The Morgan fingerprint density at radius 3 is 2.81 bits per heavy atom. The molecule has 1 unspecified atom stereocenters. The maximum atomic E-state index is 12.4. The fourth-order valence-electron chi connectivity index (χ4n) is 3.00. The van der Waals surface area contributed by atoms with Gasteiger partial charge in [-0.3, -0.25) is 10.1 Å². The van der Waals surface area contributed by atoms with Crippen LogP contribution in [0.3, 0.4) is 0 Å². The van der Waals surface area contributed by atoms with Crippen LogP contribution in [0.4, 0.5) is 0 Å². The molecule has 1 spiro atoms. The minimum atomic E-state index is -0.216. The number of hydrogen-bond acceptors (Lipinski definition) is 3. The van der Waals surface area contributed by atoms with E-state index in [9.17, 15) is 4.79 Å². The molecule has 0 aromatic rings. The van der Waals surface area contributed by atoms with Gasteiger partial charge in [0, 0.05) is 20.3 Å². The molecule has 1 atom stereocenters. The molecule has 0 bridgehead atoms. The highest BCUT2D eigenvalue weighted by Crippen LogP contribution is 2.36. The zero-order chi connectivity index (χ0) is 11.6. The third kappa shape index (κ3) is 1.96. The predicted octanol–water partition coefficient (Wildman–Crippen LogP) is 1.11. The number of methoxy groups -OCH3 is 1. The van der Waals surface area contributed by atoms with Gasteiger partial charge in [-0.1, -0.05) is 12.8 Å². The Bertz CT molecular complexity index is 262. The fraction of sp³-hybridized carbons (Fsp3) is 0.917. The number of amides is 1. The van der Waals surface area contributed by atoms with E-state index >= 15 is 0 Å². The highest BCUT2D eigenvalue weighted by atomic mass is 16.5. The Morgan fingerprint density at radius 1 is 1.50 bits per heavy atom. The highest BCUT2D eigenvalue weighted by molar-refractivity contribution is 5.89. The quantitative estimate of drug-likeness (QED) is 0.730. The van der Waals surface area contributed by atoms with E-state index in [-0.39, 0.29) is 11.7 Å². The molecule has 2 aliphatic rings. The summed E-state index contributed by atoms with van der Waals surface area (Å²) in [6, 6.07) is 0. The number of nitrogens with zero attached hydrogens (tertiary/aromatic N) is 1. The third-order valence-electron chi connectivity index (χ3n) is 3.83. The van der Waals surface area contributed by atoms with E-state index in [0.29, 0.717) is 5.91 Å². The highest BCUT2D eigenvalue weighted by Gasteiger charge is 2.50. The first-order valence-corrected chi connectivity index (χ1v) is 6.27. The summed E-state index contributed by atoms with van der Waals surface area (Å²) in [5.74, 6) is 0.314. The number of carbonyl (C=O) groups excluding carboxylic acids is 1. The molecule has 2 fully saturated rings. The van der Waals surface area contributed by atoms with Crippen LogP contribution in [0.5, 0.6) is 0 Å². The monoisotopic (exact) mass is 226 g/mol. The zero-order valence-corrected chi connectivity index (χ0v) is 10.3. The molecule has 16 heavy (non-hydrogen) atoms. The summed E-state index contributed by atoms with van der Waals surface area (Å²) in [5, 5.41) is 3.49. The molecule has 1 heterocycles. The summed E-state index contributed by atoms with van der Waals surface area (Å²) < 4.78 is 5.03. The lowest BCUT2D eigenvalue weighted by Crippen LogP contribution is -2.44. The van der Waals surface area contributed by atoms with Gasteiger partial charge in [-0.25, -0.2) is 0 Å². The summed E-state index contributed by atoms with van der Waals surface area (Å²) >= 11 is 0. The molecular formula is C12H22N2O2. The van der Waals surface area contributed by atoms with Crippen LogP contribution in [-0.4, -0.2) is 42.8 Å². The molecule has 4 heteroatoms. The normalized spacial score (nSPS) is 28.2. The Balaban J connectivity index is 1.96. The molecule has 1 aliphatic carbocycles. The first kappa shape index (κ1) is 11.9. The van der Waals surface area contributed by atoms with Gasteiger partial charge in [-0.05, 0) is 26.2 Å². The van der Waals surface area contributed by atoms with E-state index in [2.05, 4.69) is 12.2 Å². The molecule has 92 valence electrons. The van der Waals surface area contributed by atoms with Crippen molar-refractivity contribution in [2.45, 2.75) is 50.7 Å². The van der Waals surface area contributed by atoms with E-state index < -0.39 is 0 Å². The molecule has 1 N–H and O–H groups in total. The average Bonchev–Trinajstić information content (AvgIpc) is 2.80. The molecule has 0 radical (unpaired) electrons. The molecule has 1 saturated heterocycles. The van der Waals surface area contributed by atoms with Crippen LogP contribution in [0, 0.1) is 0 Å². The minimum absolute atomic E-state index is 0.183. The Morgan fingerprint density at radius 2 is 2.19 bits per heavy atom. The molecular weight excluding hydrogens is 204 g/mol. The van der Waals surface area contributed by atoms with E-state index in [1.807, 2.05) is 4.90 Å². The maximum absolute atomic E-state index is 12.4. The van der Waals surface area contributed by atoms with Gasteiger partial charge in [0.1, 0.15) is 0 Å². The summed E-state index contributed by atoms with van der Waals surface area (Å²) in [7, 11) is 1.70. The second kappa shape index (κ2) is 4.72. The maximum Gasteiger partial charge on any atom is 0.244 e. The van der Waals surface area contributed by atoms with Crippen LogP contribution in [-0.2, 0) is 9.53 Å². The van der Waals surface area contributed by atoms with E-state index in [4.69, 9.17) is 4.74 Å². The summed E-state index contributed by atoms with van der Waals surface area (Å²) in [4.78, 5) is 14.3. The van der Waals surface area contributed by atoms with Crippen molar-refractivity contribution < 1.29 is 9.53 Å². The second-order valence-corrected chi connectivity index (χ2v) is 4.95. The van der Waals surface area contributed by atoms with Crippen LogP contribution >= 0.6 is 0 Å². The van der Waals surface area contributed by atoms with Gasteiger partial charge in [0.15, 0.2) is 0 Å². The lowest BCUT2D eigenvalue weighted by atomic mass is 9.98. The number of nitrogens with one attached hydrogen (secondary N) is 1. The standard InChI is InChI=1S/C12H22N2O2/c1-10-13-12(6-3-4-7-12)11(15)14(10)8-5-9-16-2/h10,13H,3-9H2,1-2H3. The van der Waals surface area contributed by atoms with Crippen LogP contribution in [0.2, 0.25) is 0 Å². The van der Waals surface area contributed by atoms with Gasteiger partial charge in [-0.15, -0.1) is 0 Å². The number of rotatable bonds is 4. The average molecular weight is 226 g/mol. The third-order valence-corrected chi connectivity index (χ3v) is 3.83. The molecule has 1 aliphatic heterocycles. The zero-order valence-electron chi connectivity index (χ0n) is 10.3. The van der Waals surface area contributed by atoms with Crippen molar-refractivity contribution in [2.24, 2.45) is 0 Å². The van der Waals surface area contributed by atoms with Crippen molar-refractivity contribution in [2.75, 3.05) is 20.3 Å². The van der Waals surface area contributed by atoms with Crippen LogP contribution < -0.4 is 5.32 Å². The Kier molecular flexibility index (Phi) is 3.50. The van der Waals surface area contributed by atoms with Crippen molar-refractivity contribution in [1.82, 2.24) is 10.2 Å². The molecule has 0 aromatic carbocycles. The summed E-state index contributed by atoms with van der Waals surface area (Å²) in [6.07, 6.45) is 5.48. The predicted molar refractivity (Wildman–Crippen MR) is 62.0 cm³/mol. The SMILES string of the molecule is COCCCN1C(=O)C2(CCCC2)NC1C. The number of carbonyl (C=O) groups is 1. The van der Waals surface area contributed by atoms with Crippen molar-refractivity contribution in [3.63, 3.8) is 0 Å². The van der Waals surface area contributed by atoms with E-state index in [1.54, 1.807) is 7.11 Å². The summed E-state index contributed by atoms with van der Waals surface area (Å²) in [6.45, 7) is 3.61. The number of hydrogen-bond donors (Lipinski definition) is 1. The topological polar surface area (TPSA) is 41.6 Å². The molecule has 4 nitrogen and oxygen atoms in total. The second-order valence-electron chi connectivity index (χ2n) is 4.95. The summed E-state index contributed by atoms with van der Waals surface area (Å²) in [5.41, 5.74) is -0.216. The van der Waals surface area contributed by atoms with E-state index in [0.717, 1.165) is 32.4 Å². The number of ether oxygens (including phenoxy) is 1. The van der Waals surface area contributed by atoms with Gasteiger partial charge < -0.3 is 9.64 Å². The fourth-order valence-corrected chi connectivity index (χ4v) is 3.00. The van der Waals surface area contributed by atoms with Gasteiger partial charge >= 0.3 is 0 Å². The Hall–Kier alpha value is -0.610. The molecule has 2 rings (SSSR count). The van der Waals surface area contributed by atoms with Crippen LogP contribution in [0.25, 0.3) is 0 Å². The van der Waals surface area contributed by atoms with Gasteiger partial charge in [0.25, 0.3) is 0 Å². The lowest BCUT2D eigenvalue weighted by molar-refractivity contribution is -0.133. The molecule has 1 saturated carbocycles. The van der Waals surface area contributed by atoms with Crippen LogP contribution in [0.15, 0.2) is 0 Å². The first-order valence-electron chi connectivity index (χ1n) is 6.27. The van der Waals surface area contributed by atoms with Crippen molar-refractivity contribution in [3.05, 3.63) is 0 Å². The van der Waals surface area contributed by atoms with Gasteiger partial charge in [0.05, 0.1) is 11.7 Å².